The van der Waals surface area contributed by atoms with Crippen LogP contribution in [-0.2, 0) is 10.8 Å². The Morgan fingerprint density at radius 3 is 1.60 bits per heavy atom. The van der Waals surface area contributed by atoms with Gasteiger partial charge >= 0.3 is 0 Å². The van der Waals surface area contributed by atoms with Gasteiger partial charge in [0.15, 0.2) is 0 Å². The molecule has 2 nitrogen and oxygen atoms in total. The predicted molar refractivity (Wildman–Crippen MR) is 298 cm³/mol. The Labute approximate surface area is 426 Å². The van der Waals surface area contributed by atoms with Crippen LogP contribution in [0, 0.1) is 0 Å². The van der Waals surface area contributed by atoms with Gasteiger partial charge in [-0.05, 0) is 128 Å². The van der Waals surface area contributed by atoms with E-state index >= 15 is 0 Å². The third-order valence-corrected chi connectivity index (χ3v) is 18.3. The van der Waals surface area contributed by atoms with Gasteiger partial charge in [-0.25, -0.2) is 0 Å². The van der Waals surface area contributed by atoms with Crippen molar-refractivity contribution in [3.05, 3.63) is 293 Å². The largest absolute Gasteiger partial charge is 0.457 e. The summed E-state index contributed by atoms with van der Waals surface area (Å²) in [5.41, 5.74) is 19.8. The number of fused-ring (bicyclic) bond motifs is 21. The van der Waals surface area contributed by atoms with E-state index in [1.54, 1.807) is 0 Å². The molecule has 0 saturated heterocycles. The van der Waals surface area contributed by atoms with E-state index in [-0.39, 0.29) is 0 Å². The molecule has 0 radical (unpaired) electrons. The molecule has 1 aromatic heterocycles. The van der Waals surface area contributed by atoms with Crippen molar-refractivity contribution >= 4 is 60.3 Å². The maximum atomic E-state index is 6.70. The van der Waals surface area contributed by atoms with Gasteiger partial charge in [0.2, 0.25) is 0 Å². The van der Waals surface area contributed by atoms with Crippen LogP contribution >= 0.6 is 23.1 Å². The molecule has 0 N–H and O–H groups in total. The predicted octanol–water partition coefficient (Wildman–Crippen LogP) is 18.5. The molecular weight excluding hydrogens is 911 g/mol. The van der Waals surface area contributed by atoms with Crippen molar-refractivity contribution in [1.82, 2.24) is 0 Å². The molecule has 16 rings (SSSR count). The van der Waals surface area contributed by atoms with Crippen molar-refractivity contribution < 1.29 is 4.74 Å². The molecule has 12 aromatic rings. The molecule has 2 spiro atoms. The van der Waals surface area contributed by atoms with Gasteiger partial charge in [-0.2, -0.15) is 0 Å². The van der Waals surface area contributed by atoms with Gasteiger partial charge in [-0.15, -0.1) is 11.3 Å². The first kappa shape index (κ1) is 40.3. The Bertz CT molecular complexity index is 4170. The number of nitrogens with zero attached hydrogens (tertiary/aromatic N) is 1. The normalized spacial score (nSPS) is 14.4. The van der Waals surface area contributed by atoms with Gasteiger partial charge in [0.05, 0.1) is 16.5 Å². The van der Waals surface area contributed by atoms with E-state index in [1.807, 2.05) is 23.1 Å². The fourth-order valence-corrected chi connectivity index (χ4v) is 15.5. The van der Waals surface area contributed by atoms with Crippen LogP contribution in [-0.4, -0.2) is 0 Å². The summed E-state index contributed by atoms with van der Waals surface area (Å²) in [4.78, 5) is 5.13. The zero-order chi connectivity index (χ0) is 47.1. The Hall–Kier alpha value is -8.41. The lowest BCUT2D eigenvalue weighted by Gasteiger charge is -2.40. The maximum Gasteiger partial charge on any atom is 0.132 e. The lowest BCUT2D eigenvalue weighted by molar-refractivity contribution is 0.436. The summed E-state index contributed by atoms with van der Waals surface area (Å²) in [7, 11) is 0. The van der Waals surface area contributed by atoms with Gasteiger partial charge in [-0.3, -0.25) is 0 Å². The van der Waals surface area contributed by atoms with E-state index in [4.69, 9.17) is 4.74 Å². The monoisotopic (exact) mass is 951 g/mol. The summed E-state index contributed by atoms with van der Waals surface area (Å²) >= 11 is 3.76. The minimum atomic E-state index is -0.559. The molecule has 0 bridgehead atoms. The van der Waals surface area contributed by atoms with Gasteiger partial charge in [0.25, 0.3) is 0 Å². The van der Waals surface area contributed by atoms with Crippen LogP contribution in [0.5, 0.6) is 11.5 Å². The smallest absolute Gasteiger partial charge is 0.132 e. The lowest BCUT2D eigenvalue weighted by atomic mass is 9.66. The van der Waals surface area contributed by atoms with Crippen LogP contribution in [0.4, 0.5) is 17.1 Å². The number of ether oxygens (including phenoxy) is 1. The van der Waals surface area contributed by atoms with Gasteiger partial charge < -0.3 is 9.64 Å². The number of hydrogen-bond donors (Lipinski definition) is 0. The molecule has 11 aromatic carbocycles. The number of hydrogen-bond acceptors (Lipinski definition) is 4. The second kappa shape index (κ2) is 15.1. The molecule has 72 heavy (non-hydrogen) atoms. The molecule has 0 saturated carbocycles. The number of para-hydroxylation sites is 2. The van der Waals surface area contributed by atoms with Crippen molar-refractivity contribution in [1.29, 1.82) is 0 Å². The Morgan fingerprint density at radius 1 is 0.333 bits per heavy atom. The first-order valence-electron chi connectivity index (χ1n) is 24.7. The molecule has 4 aliphatic rings. The quantitative estimate of drug-likeness (QED) is 0.174. The average Bonchev–Trinajstić information content (AvgIpc) is 4.07. The van der Waals surface area contributed by atoms with Gasteiger partial charge in [-0.1, -0.05) is 194 Å². The topological polar surface area (TPSA) is 12.5 Å². The van der Waals surface area contributed by atoms with Crippen molar-refractivity contribution in [2.24, 2.45) is 0 Å². The molecule has 0 unspecified atom stereocenters. The van der Waals surface area contributed by atoms with E-state index < -0.39 is 10.8 Å². The summed E-state index contributed by atoms with van der Waals surface area (Å²) in [6.45, 7) is 0. The second-order valence-corrected chi connectivity index (χ2v) is 21.6. The first-order valence-corrected chi connectivity index (χ1v) is 26.4. The van der Waals surface area contributed by atoms with Crippen LogP contribution in [0.15, 0.2) is 259 Å². The van der Waals surface area contributed by atoms with Gasteiger partial charge in [0.1, 0.15) is 11.5 Å². The number of rotatable bonds is 4. The summed E-state index contributed by atoms with van der Waals surface area (Å²) in [6.07, 6.45) is 0. The van der Waals surface area contributed by atoms with E-state index in [2.05, 4.69) is 254 Å². The van der Waals surface area contributed by atoms with Crippen LogP contribution in [0.25, 0.3) is 53.6 Å². The fraction of sp³-hybridized carbons (Fsp3) is 0.0294. The zero-order valence-corrected chi connectivity index (χ0v) is 40.5. The van der Waals surface area contributed by atoms with Crippen LogP contribution in [0.1, 0.15) is 44.5 Å². The molecule has 4 heteroatoms. The van der Waals surface area contributed by atoms with Crippen LogP contribution < -0.4 is 9.64 Å². The molecule has 3 heterocycles. The van der Waals surface area contributed by atoms with Crippen molar-refractivity contribution in [2.75, 3.05) is 4.90 Å². The standard InChI is InChI=1S/C68H41NOS2/c1-4-19-51-46(16-1)50-41-45(37-39-53(50)67(51)54-21-6-10-27-60(54)70-61-28-11-7-22-55(61)67)69(44-35-32-42(33-36-44)43-34-38-48-47-17-3-12-29-62(47)71-65(48)40-43)59-26-15-25-58-66(59)49-18-2-5-20-52(49)68(58)56-23-8-13-30-63(56)72-64-31-14-9-24-57(64)68/h1-41H. The highest BCUT2D eigenvalue weighted by molar-refractivity contribution is 7.99. The highest BCUT2D eigenvalue weighted by atomic mass is 32.2. The van der Waals surface area contributed by atoms with E-state index in [0.29, 0.717) is 0 Å². The summed E-state index contributed by atoms with van der Waals surface area (Å²) in [6, 6.07) is 92.9. The summed E-state index contributed by atoms with van der Waals surface area (Å²) in [5.74, 6) is 1.79. The Kier molecular flexibility index (Phi) is 8.43. The van der Waals surface area contributed by atoms with Crippen LogP contribution in [0.3, 0.4) is 0 Å². The van der Waals surface area contributed by atoms with Crippen LogP contribution in [0.2, 0.25) is 0 Å². The highest BCUT2D eigenvalue weighted by Gasteiger charge is 2.53. The molecule has 2 aliphatic heterocycles. The molecule has 0 amide bonds. The minimum absolute atomic E-state index is 0.506. The maximum absolute atomic E-state index is 6.70. The number of thiophene rings is 1. The average molecular weight is 952 g/mol. The van der Waals surface area contributed by atoms with Crippen molar-refractivity contribution in [3.63, 3.8) is 0 Å². The third-order valence-electron chi connectivity index (χ3n) is 16.0. The van der Waals surface area contributed by atoms with Crippen molar-refractivity contribution in [3.8, 4) is 44.9 Å². The van der Waals surface area contributed by atoms with E-state index in [9.17, 15) is 0 Å². The number of benzene rings is 11. The lowest BCUT2D eigenvalue weighted by Crippen LogP contribution is -2.32. The second-order valence-electron chi connectivity index (χ2n) is 19.4. The molecule has 336 valence electrons. The molecule has 0 atom stereocenters. The highest BCUT2D eigenvalue weighted by Crippen LogP contribution is 2.66. The summed E-state index contributed by atoms with van der Waals surface area (Å²) < 4.78 is 9.33. The molecule has 2 aliphatic carbocycles. The van der Waals surface area contributed by atoms with E-state index in [0.717, 1.165) is 39.7 Å². The fourth-order valence-electron chi connectivity index (χ4n) is 13.2. The molecule has 0 fully saturated rings. The first-order chi connectivity index (χ1) is 35.7. The van der Waals surface area contributed by atoms with Gasteiger partial charge in [0, 0.05) is 58.0 Å². The SMILES string of the molecule is c1ccc2c(c1)Oc1ccccc1C21c2ccccc2-c2cc(N(c3ccc(-c4ccc5c(c4)sc4ccccc45)cc3)c3cccc4c3-c3ccccc3C43c4ccccc4Sc4ccccc43)ccc21. The third kappa shape index (κ3) is 5.30. The Balaban J connectivity index is 0.944. The number of anilines is 3. The van der Waals surface area contributed by atoms with Crippen molar-refractivity contribution in [2.45, 2.75) is 20.6 Å². The molecular formula is C68H41NOS2. The Morgan fingerprint density at radius 2 is 0.861 bits per heavy atom. The minimum Gasteiger partial charge on any atom is -0.457 e. The van der Waals surface area contributed by atoms with E-state index in [1.165, 1.54) is 96.7 Å². The zero-order valence-electron chi connectivity index (χ0n) is 38.8. The summed E-state index contributed by atoms with van der Waals surface area (Å²) in [5, 5.41) is 2.63.